The Bertz CT molecular complexity index is 1110. The molecule has 0 aromatic carbocycles. The third kappa shape index (κ3) is 61.3. The monoisotopic (exact) mass is 1020 g/mol. The quantitative estimate of drug-likeness (QED) is 0.0420. The molecule has 0 aliphatic rings. The van der Waals surface area contributed by atoms with E-state index >= 15 is 0 Å². The normalized spacial score (nSPS) is 12.9. The molecular weight excluding hydrogens is 891 g/mol. The average molecular weight is 1020 g/mol. The second-order valence-electron chi connectivity index (χ2n) is 23.2. The molecule has 0 heterocycles. The summed E-state index contributed by atoms with van der Waals surface area (Å²) in [4.78, 5) is 12.5. The Kier molecular flexibility index (Phi) is 63.7. The van der Waals surface area contributed by atoms with Crippen LogP contribution in [-0.2, 0) is 4.79 Å². The molecule has 0 fully saturated rings. The van der Waals surface area contributed by atoms with Crippen molar-refractivity contribution < 1.29 is 15.0 Å². The number of nitrogens with one attached hydrogen (secondary N) is 1. The number of carbonyl (C=O) groups is 1. The first-order valence-corrected chi connectivity index (χ1v) is 33.7. The molecule has 0 saturated carbocycles. The van der Waals surface area contributed by atoms with Gasteiger partial charge in [0.25, 0.3) is 0 Å². The van der Waals surface area contributed by atoms with E-state index in [9.17, 15) is 15.0 Å². The topological polar surface area (TPSA) is 69.6 Å². The Morgan fingerprint density at radius 2 is 0.562 bits per heavy atom. The molecule has 4 heteroatoms. The number of aliphatic hydroxyl groups excluding tert-OH is 2. The molecule has 0 aliphatic heterocycles. The van der Waals surface area contributed by atoms with Crippen LogP contribution in [0.1, 0.15) is 380 Å². The van der Waals surface area contributed by atoms with Gasteiger partial charge in [0.05, 0.1) is 18.8 Å². The van der Waals surface area contributed by atoms with Crippen molar-refractivity contribution >= 4 is 5.91 Å². The Labute approximate surface area is 459 Å². The van der Waals surface area contributed by atoms with Crippen molar-refractivity contribution in [2.75, 3.05) is 6.61 Å². The number of aliphatic hydroxyl groups is 2. The average Bonchev–Trinajstić information content (AvgIpc) is 3.40. The van der Waals surface area contributed by atoms with Gasteiger partial charge in [0.1, 0.15) is 0 Å². The molecule has 2 atom stereocenters. The molecule has 0 rings (SSSR count). The van der Waals surface area contributed by atoms with Gasteiger partial charge in [0.2, 0.25) is 5.91 Å². The predicted octanol–water partition coefficient (Wildman–Crippen LogP) is 22.8. The van der Waals surface area contributed by atoms with Gasteiger partial charge in [-0.1, -0.05) is 359 Å². The molecule has 3 N–H and O–H groups in total. The van der Waals surface area contributed by atoms with Crippen LogP contribution in [-0.4, -0.2) is 34.9 Å². The summed E-state index contributed by atoms with van der Waals surface area (Å²) in [6.45, 7) is 4.34. The molecular formula is C69H133NO3. The standard InChI is InChI=1S/C69H133NO3/c1-3-5-7-9-11-13-15-17-19-21-23-25-27-29-31-32-33-34-35-36-37-38-39-41-43-45-47-49-51-53-55-57-59-61-63-65-69(73)70-67(66-71)68(72)64-62-60-58-56-54-52-50-48-46-44-42-40-30-28-26-24-22-20-18-16-14-12-10-8-6-4-2/h15,17,21,23,62,64,67-68,71-72H,3-14,16,18-20,22,24-61,63,65-66H2,1-2H3,(H,70,73)/b17-15-,23-21-,64-62+. The summed E-state index contributed by atoms with van der Waals surface area (Å²) in [7, 11) is 0. The lowest BCUT2D eigenvalue weighted by Gasteiger charge is -2.20. The lowest BCUT2D eigenvalue weighted by Crippen LogP contribution is -2.45. The summed E-state index contributed by atoms with van der Waals surface area (Å²) in [6.07, 6.45) is 89.4. The number of allylic oxidation sites excluding steroid dienone is 5. The van der Waals surface area contributed by atoms with E-state index in [0.29, 0.717) is 6.42 Å². The van der Waals surface area contributed by atoms with Crippen LogP contribution in [0.25, 0.3) is 0 Å². The Morgan fingerprint density at radius 1 is 0.329 bits per heavy atom. The molecule has 73 heavy (non-hydrogen) atoms. The van der Waals surface area contributed by atoms with Crippen molar-refractivity contribution in [2.45, 2.75) is 392 Å². The maximum atomic E-state index is 12.5. The number of carbonyl (C=O) groups excluding carboxylic acids is 1. The van der Waals surface area contributed by atoms with E-state index in [1.165, 1.54) is 327 Å². The van der Waals surface area contributed by atoms with Crippen LogP contribution in [0, 0.1) is 0 Å². The molecule has 0 aromatic heterocycles. The predicted molar refractivity (Wildman–Crippen MR) is 327 cm³/mol. The van der Waals surface area contributed by atoms with E-state index in [1.807, 2.05) is 6.08 Å². The molecule has 432 valence electrons. The number of unbranched alkanes of at least 4 members (excludes halogenated alkanes) is 52. The maximum Gasteiger partial charge on any atom is 0.220 e. The van der Waals surface area contributed by atoms with Crippen LogP contribution in [0.5, 0.6) is 0 Å². The molecule has 0 spiro atoms. The van der Waals surface area contributed by atoms with Gasteiger partial charge >= 0.3 is 0 Å². The first-order chi connectivity index (χ1) is 36.2. The number of hydrogen-bond acceptors (Lipinski definition) is 3. The van der Waals surface area contributed by atoms with E-state index in [1.54, 1.807) is 6.08 Å². The third-order valence-corrected chi connectivity index (χ3v) is 15.9. The molecule has 0 aromatic rings. The second-order valence-corrected chi connectivity index (χ2v) is 23.2. The van der Waals surface area contributed by atoms with E-state index in [-0.39, 0.29) is 12.5 Å². The summed E-state index contributed by atoms with van der Waals surface area (Å²) in [5.41, 5.74) is 0. The maximum absolute atomic E-state index is 12.5. The summed E-state index contributed by atoms with van der Waals surface area (Å²) >= 11 is 0. The van der Waals surface area contributed by atoms with Crippen molar-refractivity contribution in [1.82, 2.24) is 5.32 Å². The Hall–Kier alpha value is -1.39. The van der Waals surface area contributed by atoms with Gasteiger partial charge in [-0.05, 0) is 51.4 Å². The molecule has 4 nitrogen and oxygen atoms in total. The van der Waals surface area contributed by atoms with Crippen molar-refractivity contribution in [1.29, 1.82) is 0 Å². The van der Waals surface area contributed by atoms with Crippen LogP contribution >= 0.6 is 0 Å². The minimum absolute atomic E-state index is 0.0556. The highest BCUT2D eigenvalue weighted by molar-refractivity contribution is 5.76. The summed E-state index contributed by atoms with van der Waals surface area (Å²) < 4.78 is 0. The third-order valence-electron chi connectivity index (χ3n) is 15.9. The zero-order valence-corrected chi connectivity index (χ0v) is 49.9. The van der Waals surface area contributed by atoms with Crippen LogP contribution in [0.2, 0.25) is 0 Å². The smallest absolute Gasteiger partial charge is 0.220 e. The second kappa shape index (κ2) is 64.9. The Balaban J connectivity index is 3.41. The molecule has 0 saturated heterocycles. The van der Waals surface area contributed by atoms with Gasteiger partial charge < -0.3 is 15.5 Å². The first kappa shape index (κ1) is 71.6. The fourth-order valence-corrected chi connectivity index (χ4v) is 10.7. The highest BCUT2D eigenvalue weighted by atomic mass is 16.3. The van der Waals surface area contributed by atoms with Gasteiger partial charge in [-0.3, -0.25) is 4.79 Å². The van der Waals surface area contributed by atoms with Crippen molar-refractivity contribution in [3.63, 3.8) is 0 Å². The van der Waals surface area contributed by atoms with E-state index in [4.69, 9.17) is 0 Å². The lowest BCUT2D eigenvalue weighted by atomic mass is 10.0. The Morgan fingerprint density at radius 3 is 0.822 bits per heavy atom. The first-order valence-electron chi connectivity index (χ1n) is 33.7. The van der Waals surface area contributed by atoms with Crippen molar-refractivity contribution in [3.8, 4) is 0 Å². The molecule has 0 aliphatic carbocycles. The van der Waals surface area contributed by atoms with E-state index < -0.39 is 12.1 Å². The fourth-order valence-electron chi connectivity index (χ4n) is 10.7. The molecule has 0 radical (unpaired) electrons. The number of amides is 1. The van der Waals surface area contributed by atoms with E-state index in [0.717, 1.165) is 32.1 Å². The van der Waals surface area contributed by atoms with Gasteiger partial charge in [0, 0.05) is 6.42 Å². The highest BCUT2D eigenvalue weighted by Crippen LogP contribution is 2.19. The van der Waals surface area contributed by atoms with Crippen LogP contribution < -0.4 is 5.32 Å². The summed E-state index contributed by atoms with van der Waals surface area (Å²) in [5.74, 6) is -0.0556. The van der Waals surface area contributed by atoms with Crippen LogP contribution in [0.15, 0.2) is 36.5 Å². The summed E-state index contributed by atoms with van der Waals surface area (Å²) in [5, 5.41) is 23.3. The largest absolute Gasteiger partial charge is 0.394 e. The van der Waals surface area contributed by atoms with Crippen molar-refractivity contribution in [2.24, 2.45) is 0 Å². The molecule has 0 bridgehead atoms. The van der Waals surface area contributed by atoms with Crippen molar-refractivity contribution in [3.05, 3.63) is 36.5 Å². The van der Waals surface area contributed by atoms with Crippen LogP contribution in [0.3, 0.4) is 0 Å². The van der Waals surface area contributed by atoms with Gasteiger partial charge in [0.15, 0.2) is 0 Å². The number of rotatable bonds is 63. The zero-order valence-electron chi connectivity index (χ0n) is 49.9. The lowest BCUT2D eigenvalue weighted by molar-refractivity contribution is -0.123. The SMILES string of the molecule is CCCCCCC/C=C\C/C=C\CCCCCCCCCCCCCCCCCCCCCCCCCC(=O)NC(CO)C(O)/C=C/CCCCCCCCCCCCCCCCCCCCCCCCCC. The number of hydrogen-bond donors (Lipinski definition) is 3. The summed E-state index contributed by atoms with van der Waals surface area (Å²) in [6, 6.07) is -0.622. The van der Waals surface area contributed by atoms with Crippen LogP contribution in [0.4, 0.5) is 0 Å². The zero-order chi connectivity index (χ0) is 52.7. The minimum atomic E-state index is -0.839. The molecule has 2 unspecified atom stereocenters. The van der Waals surface area contributed by atoms with E-state index in [2.05, 4.69) is 43.5 Å². The minimum Gasteiger partial charge on any atom is -0.394 e. The molecule has 1 amide bonds. The van der Waals surface area contributed by atoms with Gasteiger partial charge in [-0.25, -0.2) is 0 Å². The van der Waals surface area contributed by atoms with Gasteiger partial charge in [-0.2, -0.15) is 0 Å². The fraction of sp³-hybridized carbons (Fsp3) is 0.899. The van der Waals surface area contributed by atoms with Gasteiger partial charge in [-0.15, -0.1) is 0 Å². The highest BCUT2D eigenvalue weighted by Gasteiger charge is 2.18.